The highest BCUT2D eigenvalue weighted by molar-refractivity contribution is 7.05. The van der Waals surface area contributed by atoms with E-state index in [1.165, 1.54) is 148 Å². The minimum atomic E-state index is 0.0708. The fraction of sp³-hybridized carbons (Fsp3) is 0.267. The van der Waals surface area contributed by atoms with Gasteiger partial charge in [0, 0.05) is 34.1 Å². The van der Waals surface area contributed by atoms with Crippen molar-refractivity contribution in [2.75, 3.05) is 9.80 Å². The van der Waals surface area contributed by atoms with Crippen LogP contribution in [0.15, 0.2) is 133 Å². The number of para-hydroxylation sites is 2. The highest BCUT2D eigenvalue weighted by atomic mass is 15.2. The molecule has 64 heavy (non-hydrogen) atoms. The molecule has 2 nitrogen and oxygen atoms in total. The smallest absolute Gasteiger partial charge is 0.248 e. The molecule has 4 heteroatoms. The number of nitrogens with zero attached hydrogens (tertiary/aromatic N) is 2. The van der Waals surface area contributed by atoms with E-state index in [2.05, 4.69) is 199 Å². The molecular formula is C60H54B2N2. The van der Waals surface area contributed by atoms with Gasteiger partial charge in [0.25, 0.3) is 0 Å². The van der Waals surface area contributed by atoms with Gasteiger partial charge in [-0.25, -0.2) is 0 Å². The van der Waals surface area contributed by atoms with Crippen molar-refractivity contribution in [3.8, 4) is 11.1 Å². The van der Waals surface area contributed by atoms with Crippen LogP contribution in [0.5, 0.6) is 0 Å². The van der Waals surface area contributed by atoms with Gasteiger partial charge >= 0.3 is 0 Å². The second-order valence-electron chi connectivity index (χ2n) is 22.9. The second kappa shape index (κ2) is 12.0. The summed E-state index contributed by atoms with van der Waals surface area (Å²) in [5.74, 6) is 0. The van der Waals surface area contributed by atoms with Crippen molar-refractivity contribution in [3.05, 3.63) is 156 Å². The number of hydrogen-bond acceptors (Lipinski definition) is 2. The molecular weight excluding hydrogens is 770 g/mol. The van der Waals surface area contributed by atoms with Gasteiger partial charge in [-0.3, -0.25) is 0 Å². The van der Waals surface area contributed by atoms with E-state index in [0.29, 0.717) is 0 Å². The predicted molar refractivity (Wildman–Crippen MR) is 276 cm³/mol. The van der Waals surface area contributed by atoms with E-state index < -0.39 is 0 Å². The number of benzene rings is 8. The van der Waals surface area contributed by atoms with Crippen molar-refractivity contribution >= 4 is 102 Å². The quantitative estimate of drug-likeness (QED) is 0.127. The van der Waals surface area contributed by atoms with Crippen LogP contribution in [-0.2, 0) is 21.7 Å². The summed E-state index contributed by atoms with van der Waals surface area (Å²) in [4.78, 5) is 5.35. The number of anilines is 6. The maximum Gasteiger partial charge on any atom is 0.248 e. The average Bonchev–Trinajstić information content (AvgIpc) is 3.29. The maximum atomic E-state index is 2.69. The predicted octanol–water partition coefficient (Wildman–Crippen LogP) is 11.6. The Hall–Kier alpha value is -5.99. The Morgan fingerprint density at radius 3 is 1.16 bits per heavy atom. The summed E-state index contributed by atoms with van der Waals surface area (Å²) in [6.07, 6.45) is 4.74. The normalized spacial score (nSPS) is 19.1. The molecule has 0 saturated heterocycles. The van der Waals surface area contributed by atoms with Crippen molar-refractivity contribution in [1.29, 1.82) is 0 Å². The number of hydrogen-bond donors (Lipinski definition) is 0. The third kappa shape index (κ3) is 4.60. The van der Waals surface area contributed by atoms with Gasteiger partial charge < -0.3 is 9.80 Å². The summed E-state index contributed by atoms with van der Waals surface area (Å²) in [6.45, 7) is 20.1. The van der Waals surface area contributed by atoms with Gasteiger partial charge in [0.2, 0.25) is 13.4 Å². The van der Waals surface area contributed by atoms with Crippen molar-refractivity contribution in [2.45, 2.75) is 103 Å². The van der Waals surface area contributed by atoms with E-state index in [4.69, 9.17) is 0 Å². The fourth-order valence-corrected chi connectivity index (χ4v) is 13.9. The molecule has 0 fully saturated rings. The summed E-state index contributed by atoms with van der Waals surface area (Å²) >= 11 is 0. The van der Waals surface area contributed by atoms with E-state index in [1.807, 2.05) is 0 Å². The summed E-state index contributed by atoms with van der Waals surface area (Å²) in [6, 6.07) is 52.8. The first-order valence-corrected chi connectivity index (χ1v) is 24.0. The van der Waals surface area contributed by atoms with Gasteiger partial charge in [-0.2, -0.15) is 0 Å². The van der Waals surface area contributed by atoms with Crippen molar-refractivity contribution in [3.63, 3.8) is 0 Å². The number of fused-ring (bicyclic) bond motifs is 8. The van der Waals surface area contributed by atoms with Crippen LogP contribution >= 0.6 is 0 Å². The Balaban J connectivity index is 1.20. The molecule has 8 aromatic carbocycles. The molecule has 0 spiro atoms. The van der Waals surface area contributed by atoms with Crippen LogP contribution in [0.3, 0.4) is 0 Å². The highest BCUT2D eigenvalue weighted by Crippen LogP contribution is 2.54. The molecule has 0 N–H and O–H groups in total. The topological polar surface area (TPSA) is 6.48 Å². The van der Waals surface area contributed by atoms with Gasteiger partial charge in [-0.15, -0.1) is 0 Å². The molecule has 4 aliphatic heterocycles. The molecule has 0 amide bonds. The van der Waals surface area contributed by atoms with E-state index in [0.717, 1.165) is 0 Å². The lowest BCUT2D eigenvalue weighted by Gasteiger charge is -2.49. The van der Waals surface area contributed by atoms with Crippen LogP contribution in [0.4, 0.5) is 34.1 Å². The molecule has 0 atom stereocenters. The molecule has 310 valence electrons. The Morgan fingerprint density at radius 2 is 0.750 bits per heavy atom. The zero-order valence-corrected chi connectivity index (χ0v) is 38.6. The van der Waals surface area contributed by atoms with Gasteiger partial charge in [0.15, 0.2) is 0 Å². The molecule has 0 unspecified atom stereocenters. The van der Waals surface area contributed by atoms with Crippen LogP contribution in [-0.4, -0.2) is 13.4 Å². The van der Waals surface area contributed by atoms with Crippen molar-refractivity contribution < 1.29 is 0 Å². The van der Waals surface area contributed by atoms with Crippen LogP contribution in [0.25, 0.3) is 32.7 Å². The molecule has 0 aromatic heterocycles. The molecule has 0 bridgehead atoms. The Morgan fingerprint density at radius 1 is 0.359 bits per heavy atom. The Labute approximate surface area is 379 Å². The Kier molecular flexibility index (Phi) is 7.02. The lowest BCUT2D eigenvalue weighted by atomic mass is 9.26. The third-order valence-corrected chi connectivity index (χ3v) is 17.5. The highest BCUT2D eigenvalue weighted by Gasteiger charge is 2.52. The lowest BCUT2D eigenvalue weighted by molar-refractivity contribution is 0.332. The summed E-state index contributed by atoms with van der Waals surface area (Å²) in [7, 11) is 0. The van der Waals surface area contributed by atoms with E-state index >= 15 is 0 Å². The van der Waals surface area contributed by atoms with Crippen LogP contribution in [0.1, 0.15) is 103 Å². The van der Waals surface area contributed by atoms with Crippen molar-refractivity contribution in [2.24, 2.45) is 0 Å². The first kappa shape index (κ1) is 37.4. The molecule has 8 aromatic rings. The zero-order chi connectivity index (χ0) is 43.4. The monoisotopic (exact) mass is 824 g/mol. The fourth-order valence-electron chi connectivity index (χ4n) is 13.9. The average molecular weight is 825 g/mol. The molecule has 0 saturated carbocycles. The molecule has 6 aliphatic rings. The first-order chi connectivity index (χ1) is 30.7. The standard InChI is InChI=1S/C60H54B2N2/c1-57(2)25-27-59(5,6)41-32-47-45(30-39(41)57)61-43-23-15-17-35-29-36-18-16-24-44-52(36)53(51(35)43)54-55(61)49(63(47)37-19-11-9-12-20-37)34-50-56(54)62(44)46-31-40-42(60(7,8)28-26-58(40,3)4)33-48(46)64(50)38-21-13-10-14-22-38/h9-24,29-34H,25-28H2,1-8H3. The third-order valence-electron chi connectivity index (χ3n) is 17.5. The van der Waals surface area contributed by atoms with E-state index in [9.17, 15) is 0 Å². The summed E-state index contributed by atoms with van der Waals surface area (Å²) < 4.78 is 0. The summed E-state index contributed by atoms with van der Waals surface area (Å²) in [5, 5.41) is 5.58. The van der Waals surface area contributed by atoms with E-state index in [-0.39, 0.29) is 35.1 Å². The first-order valence-electron chi connectivity index (χ1n) is 24.0. The molecule has 2 aliphatic carbocycles. The second-order valence-corrected chi connectivity index (χ2v) is 22.9. The van der Waals surface area contributed by atoms with Gasteiger partial charge in [-0.05, 0) is 173 Å². The van der Waals surface area contributed by atoms with Gasteiger partial charge in [0.1, 0.15) is 0 Å². The SMILES string of the molecule is CC1(C)CCC(C)(C)c2cc3c(cc21)B1c2c(cc4c5c2-c2c6c1cccc6cc1cccc(c21)B5c1cc2c(cc1N4c1ccccc1)C(C)(C)CCC2(C)C)N3c1ccccc1. The molecule has 4 heterocycles. The lowest BCUT2D eigenvalue weighted by Crippen LogP contribution is -2.66. The molecule has 14 rings (SSSR count). The largest absolute Gasteiger partial charge is 0.311 e. The van der Waals surface area contributed by atoms with E-state index in [1.54, 1.807) is 0 Å². The Bertz CT molecular complexity index is 3190. The van der Waals surface area contributed by atoms with Gasteiger partial charge in [0.05, 0.1) is 0 Å². The van der Waals surface area contributed by atoms with Crippen molar-refractivity contribution in [1.82, 2.24) is 0 Å². The summed E-state index contributed by atoms with van der Waals surface area (Å²) in [5.41, 5.74) is 25.8. The zero-order valence-electron chi connectivity index (χ0n) is 38.6. The molecule has 0 radical (unpaired) electrons. The van der Waals surface area contributed by atoms with Crippen LogP contribution < -0.4 is 42.6 Å². The van der Waals surface area contributed by atoms with Crippen LogP contribution in [0.2, 0.25) is 0 Å². The minimum Gasteiger partial charge on any atom is -0.311 e. The minimum absolute atomic E-state index is 0.0708. The van der Waals surface area contributed by atoms with Gasteiger partial charge in [-0.1, -0.05) is 151 Å². The maximum absolute atomic E-state index is 2.69. The number of rotatable bonds is 2. The van der Waals surface area contributed by atoms with Crippen LogP contribution in [0, 0.1) is 0 Å².